The van der Waals surface area contributed by atoms with Gasteiger partial charge in [-0.05, 0) is 32.9 Å². The van der Waals surface area contributed by atoms with Gasteiger partial charge in [-0.1, -0.05) is 6.08 Å². The summed E-state index contributed by atoms with van der Waals surface area (Å²) in [6.07, 6.45) is 3.58. The minimum absolute atomic E-state index is 0.0551. The third-order valence-corrected chi connectivity index (χ3v) is 1.82. The van der Waals surface area contributed by atoms with Crippen LogP contribution in [0.4, 0.5) is 5.88 Å². The summed E-state index contributed by atoms with van der Waals surface area (Å²) >= 11 is 0. The van der Waals surface area contributed by atoms with Gasteiger partial charge in [0.1, 0.15) is 10.7 Å². The molecule has 0 aliphatic carbocycles. The predicted octanol–water partition coefficient (Wildman–Crippen LogP) is 2.59. The molecule has 1 aromatic heterocycles. The summed E-state index contributed by atoms with van der Waals surface area (Å²) in [4.78, 5) is 9.80. The van der Waals surface area contributed by atoms with Gasteiger partial charge in [-0.15, -0.1) is 0 Å². The first-order chi connectivity index (χ1) is 7.38. The van der Waals surface area contributed by atoms with Crippen LogP contribution in [-0.2, 0) is 0 Å². The van der Waals surface area contributed by atoms with E-state index in [1.54, 1.807) is 12.1 Å². The molecule has 16 heavy (non-hydrogen) atoms. The van der Waals surface area contributed by atoms with Crippen LogP contribution in [0.2, 0.25) is 0 Å². The molecule has 0 fully saturated rings. The van der Waals surface area contributed by atoms with Crippen LogP contribution in [0.3, 0.4) is 0 Å². The fraction of sp³-hybridized carbons (Fsp3) is 0.455. The van der Waals surface area contributed by atoms with Crippen LogP contribution >= 0.6 is 0 Å². The van der Waals surface area contributed by atoms with Gasteiger partial charge in [0.15, 0.2) is 0 Å². The fourth-order valence-corrected chi connectivity index (χ4v) is 1.07. The van der Waals surface area contributed by atoms with Crippen LogP contribution < -0.4 is 5.32 Å². The van der Waals surface area contributed by atoms with Crippen molar-refractivity contribution in [3.8, 4) is 0 Å². The molecule has 88 valence electrons. The lowest BCUT2D eigenvalue weighted by Gasteiger charge is -2.18. The molecule has 0 aromatic carbocycles. The molecule has 1 heterocycles. The van der Waals surface area contributed by atoms with E-state index in [-0.39, 0.29) is 11.4 Å². The molecule has 0 aliphatic heterocycles. The number of nitrogens with zero attached hydrogens (tertiary/aromatic N) is 1. The summed E-state index contributed by atoms with van der Waals surface area (Å²) in [6.45, 7) is 6.90. The van der Waals surface area contributed by atoms with Gasteiger partial charge < -0.3 is 9.73 Å². The highest BCUT2D eigenvalue weighted by atomic mass is 16.6. The molecular weight excluding hydrogens is 208 g/mol. The van der Waals surface area contributed by atoms with Crippen LogP contribution in [0.25, 0.3) is 6.08 Å². The number of rotatable bonds is 4. The smallest absolute Gasteiger partial charge is 0.401 e. The minimum Gasteiger partial charge on any atom is -0.401 e. The van der Waals surface area contributed by atoms with E-state index in [1.165, 1.54) is 6.07 Å². The van der Waals surface area contributed by atoms with Crippen LogP contribution in [0.15, 0.2) is 22.6 Å². The van der Waals surface area contributed by atoms with Crippen molar-refractivity contribution < 1.29 is 9.34 Å². The van der Waals surface area contributed by atoms with Gasteiger partial charge in [-0.2, -0.15) is 0 Å². The Kier molecular flexibility index (Phi) is 3.84. The van der Waals surface area contributed by atoms with Crippen molar-refractivity contribution in [3.05, 3.63) is 34.1 Å². The van der Waals surface area contributed by atoms with Gasteiger partial charge in [0, 0.05) is 12.1 Å². The van der Waals surface area contributed by atoms with Gasteiger partial charge in [0.2, 0.25) is 0 Å². The number of nitro groups is 1. The molecule has 0 saturated heterocycles. The van der Waals surface area contributed by atoms with E-state index in [1.807, 2.05) is 6.08 Å². The molecule has 0 saturated carbocycles. The summed E-state index contributed by atoms with van der Waals surface area (Å²) in [6, 6.07) is 2.92. The molecule has 1 rings (SSSR count). The topological polar surface area (TPSA) is 68.3 Å². The summed E-state index contributed by atoms with van der Waals surface area (Å²) in [5.41, 5.74) is 0.0551. The lowest BCUT2D eigenvalue weighted by Crippen LogP contribution is -2.35. The second-order valence-corrected chi connectivity index (χ2v) is 4.47. The van der Waals surface area contributed by atoms with Gasteiger partial charge in [0.25, 0.3) is 0 Å². The normalized spacial score (nSPS) is 12.2. The second-order valence-electron chi connectivity index (χ2n) is 4.47. The lowest BCUT2D eigenvalue weighted by atomic mass is 10.1. The van der Waals surface area contributed by atoms with Crippen molar-refractivity contribution in [2.45, 2.75) is 26.3 Å². The Hall–Kier alpha value is -1.62. The zero-order chi connectivity index (χ0) is 12.2. The summed E-state index contributed by atoms with van der Waals surface area (Å²) in [5, 5.41) is 13.6. The second kappa shape index (κ2) is 4.94. The molecule has 0 bridgehead atoms. The van der Waals surface area contributed by atoms with Gasteiger partial charge in [0.05, 0.1) is 6.07 Å². The van der Waals surface area contributed by atoms with Crippen molar-refractivity contribution in [2.24, 2.45) is 0 Å². The standard InChI is InChI=1S/C11H16N2O3/c1-11(2,3)12-8-4-5-9-6-7-10(16-9)13(14)15/h4-7,12H,8H2,1-3H3. The highest BCUT2D eigenvalue weighted by Gasteiger charge is 2.10. The quantitative estimate of drug-likeness (QED) is 0.630. The zero-order valence-corrected chi connectivity index (χ0v) is 9.69. The maximum absolute atomic E-state index is 10.4. The molecule has 1 aromatic rings. The van der Waals surface area contributed by atoms with Gasteiger partial charge in [-0.25, -0.2) is 0 Å². The largest absolute Gasteiger partial charge is 0.433 e. The van der Waals surface area contributed by atoms with Crippen LogP contribution in [0.1, 0.15) is 26.5 Å². The molecule has 1 N–H and O–H groups in total. The van der Waals surface area contributed by atoms with Gasteiger partial charge in [-0.3, -0.25) is 10.1 Å². The zero-order valence-electron chi connectivity index (χ0n) is 9.69. The lowest BCUT2D eigenvalue weighted by molar-refractivity contribution is -0.402. The SMILES string of the molecule is CC(C)(C)NCC=Cc1ccc([N+](=O)[O-])o1. The summed E-state index contributed by atoms with van der Waals surface area (Å²) < 4.78 is 4.96. The minimum atomic E-state index is -0.551. The van der Waals surface area contributed by atoms with E-state index in [2.05, 4.69) is 26.1 Å². The van der Waals surface area contributed by atoms with E-state index in [0.29, 0.717) is 12.3 Å². The molecule has 0 spiro atoms. The van der Waals surface area contributed by atoms with Crippen LogP contribution in [0, 0.1) is 10.1 Å². The Bertz CT molecular complexity index is 388. The predicted molar refractivity (Wildman–Crippen MR) is 62.2 cm³/mol. The van der Waals surface area contributed by atoms with Crippen molar-refractivity contribution in [1.82, 2.24) is 5.32 Å². The fourth-order valence-electron chi connectivity index (χ4n) is 1.07. The van der Waals surface area contributed by atoms with Gasteiger partial charge >= 0.3 is 5.88 Å². The Morgan fingerprint density at radius 1 is 1.50 bits per heavy atom. The molecule has 0 unspecified atom stereocenters. The average molecular weight is 224 g/mol. The summed E-state index contributed by atoms with van der Waals surface area (Å²) in [5.74, 6) is 0.255. The van der Waals surface area contributed by atoms with Crippen LogP contribution in [0.5, 0.6) is 0 Å². The Balaban J connectivity index is 2.47. The molecular formula is C11H16N2O3. The van der Waals surface area contributed by atoms with Crippen LogP contribution in [-0.4, -0.2) is 17.0 Å². The number of furan rings is 1. The monoisotopic (exact) mass is 224 g/mol. The highest BCUT2D eigenvalue weighted by Crippen LogP contribution is 2.16. The first kappa shape index (κ1) is 12.4. The number of hydrogen-bond acceptors (Lipinski definition) is 4. The molecule has 5 nitrogen and oxygen atoms in total. The molecule has 0 radical (unpaired) electrons. The highest BCUT2D eigenvalue weighted by molar-refractivity contribution is 5.44. The first-order valence-corrected chi connectivity index (χ1v) is 5.04. The van der Waals surface area contributed by atoms with E-state index >= 15 is 0 Å². The van der Waals surface area contributed by atoms with E-state index in [0.717, 1.165) is 0 Å². The van der Waals surface area contributed by atoms with E-state index < -0.39 is 4.92 Å². The van der Waals surface area contributed by atoms with Crippen molar-refractivity contribution >= 4 is 12.0 Å². The first-order valence-electron chi connectivity index (χ1n) is 5.04. The maximum atomic E-state index is 10.4. The number of nitrogens with one attached hydrogen (secondary N) is 1. The Labute approximate surface area is 94.3 Å². The molecule has 0 amide bonds. The van der Waals surface area contributed by atoms with Crippen molar-refractivity contribution in [1.29, 1.82) is 0 Å². The third-order valence-electron chi connectivity index (χ3n) is 1.82. The average Bonchev–Trinajstić information content (AvgIpc) is 2.59. The maximum Gasteiger partial charge on any atom is 0.433 e. The number of hydrogen-bond donors (Lipinski definition) is 1. The van der Waals surface area contributed by atoms with E-state index in [4.69, 9.17) is 4.42 Å². The van der Waals surface area contributed by atoms with E-state index in [9.17, 15) is 10.1 Å². The van der Waals surface area contributed by atoms with Crippen molar-refractivity contribution in [3.63, 3.8) is 0 Å². The molecule has 0 aliphatic rings. The Morgan fingerprint density at radius 3 is 2.69 bits per heavy atom. The Morgan fingerprint density at radius 2 is 2.19 bits per heavy atom. The molecule has 5 heteroatoms. The molecule has 0 atom stereocenters. The third kappa shape index (κ3) is 4.27. The van der Waals surface area contributed by atoms with Crippen molar-refractivity contribution in [2.75, 3.05) is 6.54 Å². The summed E-state index contributed by atoms with van der Waals surface area (Å²) in [7, 11) is 0.